The molecular formula is C22H30O5Si. The Labute approximate surface area is 168 Å². The maximum absolute atomic E-state index is 12.4. The van der Waals surface area contributed by atoms with Gasteiger partial charge in [0.1, 0.15) is 6.61 Å². The van der Waals surface area contributed by atoms with E-state index in [1.807, 2.05) is 18.2 Å². The molecule has 2 aliphatic heterocycles. The van der Waals surface area contributed by atoms with Gasteiger partial charge in [-0.25, -0.2) is 4.79 Å². The van der Waals surface area contributed by atoms with E-state index in [1.165, 1.54) is 0 Å². The van der Waals surface area contributed by atoms with Gasteiger partial charge in [0.05, 0.1) is 12.0 Å². The molecule has 0 unspecified atom stereocenters. The summed E-state index contributed by atoms with van der Waals surface area (Å²) >= 11 is 0. The fourth-order valence-corrected chi connectivity index (χ4v) is 11.0. The highest BCUT2D eigenvalue weighted by Gasteiger charge is 2.51. The van der Waals surface area contributed by atoms with Crippen molar-refractivity contribution in [2.45, 2.75) is 64.3 Å². The van der Waals surface area contributed by atoms with Gasteiger partial charge in [-0.2, -0.15) is 0 Å². The number of benzene rings is 1. The highest BCUT2D eigenvalue weighted by molar-refractivity contribution is 6.77. The minimum atomic E-state index is -2.16. The van der Waals surface area contributed by atoms with Crippen LogP contribution in [0.4, 0.5) is 0 Å². The summed E-state index contributed by atoms with van der Waals surface area (Å²) in [6, 6.07) is 4.00. The number of ether oxygens (including phenoxy) is 3. The van der Waals surface area contributed by atoms with Crippen molar-refractivity contribution < 1.29 is 23.4 Å². The van der Waals surface area contributed by atoms with Crippen molar-refractivity contribution in [1.82, 2.24) is 0 Å². The Morgan fingerprint density at radius 2 is 1.57 bits per heavy atom. The maximum atomic E-state index is 12.4. The second kappa shape index (κ2) is 6.92. The summed E-state index contributed by atoms with van der Waals surface area (Å²) < 4.78 is 23.8. The first-order chi connectivity index (χ1) is 13.3. The molecule has 6 heteroatoms. The van der Waals surface area contributed by atoms with Crippen molar-refractivity contribution in [3.05, 3.63) is 28.8 Å². The fraction of sp³-hybridized carbons (Fsp3) is 0.591. The van der Waals surface area contributed by atoms with Crippen LogP contribution in [0.2, 0.25) is 16.6 Å². The van der Waals surface area contributed by atoms with Gasteiger partial charge in [-0.15, -0.1) is 0 Å². The van der Waals surface area contributed by atoms with Gasteiger partial charge in [-0.1, -0.05) is 41.5 Å². The zero-order valence-corrected chi connectivity index (χ0v) is 18.6. The van der Waals surface area contributed by atoms with Gasteiger partial charge in [0.15, 0.2) is 11.5 Å². The van der Waals surface area contributed by atoms with E-state index >= 15 is 0 Å². The molecule has 3 aliphatic rings. The predicted octanol–water partition coefficient (Wildman–Crippen LogP) is 5.22. The second-order valence-corrected chi connectivity index (χ2v) is 14.4. The molecule has 2 heterocycles. The second-order valence-electron chi connectivity index (χ2n) is 9.00. The topological polar surface area (TPSA) is 54.0 Å². The molecule has 152 valence electrons. The van der Waals surface area contributed by atoms with Crippen LogP contribution in [0.15, 0.2) is 17.7 Å². The van der Waals surface area contributed by atoms with Crippen LogP contribution in [-0.4, -0.2) is 27.7 Å². The van der Waals surface area contributed by atoms with Crippen LogP contribution in [0.1, 0.15) is 58.8 Å². The molecule has 28 heavy (non-hydrogen) atoms. The minimum Gasteiger partial charge on any atom is -0.462 e. The van der Waals surface area contributed by atoms with Crippen LogP contribution in [0.5, 0.6) is 11.5 Å². The van der Waals surface area contributed by atoms with Crippen molar-refractivity contribution in [3.8, 4) is 11.5 Å². The van der Waals surface area contributed by atoms with Crippen molar-refractivity contribution in [2.75, 3.05) is 13.4 Å². The molecule has 1 fully saturated rings. The lowest BCUT2D eigenvalue weighted by atomic mass is 9.82. The average Bonchev–Trinajstić information content (AvgIpc) is 3.22. The molecule has 0 N–H and O–H groups in total. The van der Waals surface area contributed by atoms with Crippen LogP contribution < -0.4 is 9.47 Å². The number of carbonyl (C=O) groups is 1. The number of esters is 1. The third-order valence-corrected chi connectivity index (χ3v) is 12.7. The van der Waals surface area contributed by atoms with Gasteiger partial charge >= 0.3 is 5.97 Å². The molecule has 1 saturated heterocycles. The first-order valence-electron chi connectivity index (χ1n) is 10.3. The summed E-state index contributed by atoms with van der Waals surface area (Å²) in [5.74, 6) is 1.18. The first kappa shape index (κ1) is 19.5. The molecule has 5 nitrogen and oxygen atoms in total. The van der Waals surface area contributed by atoms with Crippen molar-refractivity contribution in [1.29, 1.82) is 0 Å². The molecule has 0 aromatic heterocycles. The zero-order valence-electron chi connectivity index (χ0n) is 17.6. The predicted molar refractivity (Wildman–Crippen MR) is 110 cm³/mol. The lowest BCUT2D eigenvalue weighted by molar-refractivity contribution is -0.135. The summed E-state index contributed by atoms with van der Waals surface area (Å²) in [7, 11) is -2.16. The fourth-order valence-electron chi connectivity index (χ4n) is 5.41. The van der Waals surface area contributed by atoms with Gasteiger partial charge < -0.3 is 18.6 Å². The molecule has 1 aliphatic carbocycles. The van der Waals surface area contributed by atoms with E-state index in [2.05, 4.69) is 41.5 Å². The number of rotatable bonds is 5. The van der Waals surface area contributed by atoms with Gasteiger partial charge in [-0.05, 0) is 46.0 Å². The van der Waals surface area contributed by atoms with Crippen LogP contribution in [0, 0.1) is 5.92 Å². The Hall–Kier alpha value is -1.79. The molecule has 0 saturated carbocycles. The van der Waals surface area contributed by atoms with Crippen LogP contribution in [0.3, 0.4) is 0 Å². The van der Waals surface area contributed by atoms with Crippen LogP contribution >= 0.6 is 0 Å². The lowest BCUT2D eigenvalue weighted by Crippen LogP contribution is -2.49. The molecule has 0 bridgehead atoms. The van der Waals surface area contributed by atoms with E-state index in [0.717, 1.165) is 28.2 Å². The molecular weight excluding hydrogens is 372 g/mol. The Morgan fingerprint density at radius 3 is 2.18 bits per heavy atom. The molecule has 0 spiro atoms. The number of hydrogen-bond acceptors (Lipinski definition) is 5. The van der Waals surface area contributed by atoms with Crippen molar-refractivity contribution in [2.24, 2.45) is 5.92 Å². The van der Waals surface area contributed by atoms with E-state index in [4.69, 9.17) is 18.6 Å². The summed E-state index contributed by atoms with van der Waals surface area (Å²) in [4.78, 5) is 12.4. The number of carbonyl (C=O) groups excluding carboxylic acids is 1. The molecule has 0 radical (unpaired) electrons. The van der Waals surface area contributed by atoms with Gasteiger partial charge in [0.2, 0.25) is 15.1 Å². The molecule has 0 amide bonds. The van der Waals surface area contributed by atoms with E-state index in [-0.39, 0.29) is 24.8 Å². The Balaban J connectivity index is 1.84. The monoisotopic (exact) mass is 402 g/mol. The molecule has 4 rings (SSSR count). The summed E-state index contributed by atoms with van der Waals surface area (Å²) in [5.41, 5.74) is 4.14. The maximum Gasteiger partial charge on any atom is 0.334 e. The number of fused-ring (bicyclic) bond motifs is 3. The van der Waals surface area contributed by atoms with Gasteiger partial charge in [0, 0.05) is 5.57 Å². The van der Waals surface area contributed by atoms with E-state index in [9.17, 15) is 4.79 Å². The first-order valence-corrected chi connectivity index (χ1v) is 12.4. The lowest BCUT2D eigenvalue weighted by Gasteiger charge is -2.46. The Bertz CT molecular complexity index is 805. The number of cyclic esters (lactones) is 1. The molecule has 1 aromatic rings. The standard InChI is InChI=1S/C22H30O5Si/c1-12(2)28(13(3)4,14(5)6)27-21-16-9-20-19(25-11-26-20)8-15(16)7-17-18(21)10-24-22(17)23/h7-9,12-14,18,21H,10-11H2,1-6H3/t18-,21-/m0/s1. The quantitative estimate of drug-likeness (QED) is 0.499. The Kier molecular flexibility index (Phi) is 4.82. The average molecular weight is 403 g/mol. The number of hydrogen-bond donors (Lipinski definition) is 0. The highest BCUT2D eigenvalue weighted by atomic mass is 28.4. The van der Waals surface area contributed by atoms with Crippen LogP contribution in [-0.2, 0) is 14.0 Å². The van der Waals surface area contributed by atoms with Crippen LogP contribution in [0.25, 0.3) is 6.08 Å². The van der Waals surface area contributed by atoms with Crippen molar-refractivity contribution in [3.63, 3.8) is 0 Å². The third kappa shape index (κ3) is 2.80. The van der Waals surface area contributed by atoms with E-state index in [0.29, 0.717) is 23.2 Å². The van der Waals surface area contributed by atoms with Gasteiger partial charge in [0.25, 0.3) is 0 Å². The van der Waals surface area contributed by atoms with E-state index < -0.39 is 8.32 Å². The summed E-state index contributed by atoms with van der Waals surface area (Å²) in [6.45, 7) is 14.3. The third-order valence-electron chi connectivity index (χ3n) is 6.63. The van der Waals surface area contributed by atoms with E-state index in [1.54, 1.807) is 0 Å². The summed E-state index contributed by atoms with van der Waals surface area (Å²) in [5, 5.41) is 0. The smallest absolute Gasteiger partial charge is 0.334 e. The van der Waals surface area contributed by atoms with Crippen molar-refractivity contribution >= 4 is 20.4 Å². The highest BCUT2D eigenvalue weighted by Crippen LogP contribution is 2.52. The zero-order chi connectivity index (χ0) is 20.2. The summed E-state index contributed by atoms with van der Waals surface area (Å²) in [6.07, 6.45) is 1.75. The van der Waals surface area contributed by atoms with Gasteiger partial charge in [-0.3, -0.25) is 0 Å². The minimum absolute atomic E-state index is 0.0662. The molecule has 2 atom stereocenters. The SMILES string of the molecule is CC(C)[Si](O[C@H]1c2cc3c(cc2C=C2C(=O)OC[C@@H]21)OCO3)(C(C)C)C(C)C. The normalized spacial score (nSPS) is 23.2. The molecule has 1 aromatic carbocycles. The largest absolute Gasteiger partial charge is 0.462 e. The Morgan fingerprint density at radius 1 is 0.964 bits per heavy atom.